The van der Waals surface area contributed by atoms with E-state index in [1.54, 1.807) is 19.1 Å². The van der Waals surface area contributed by atoms with Gasteiger partial charge in [0.15, 0.2) is 11.4 Å². The van der Waals surface area contributed by atoms with Gasteiger partial charge in [-0.05, 0) is 54.2 Å². The van der Waals surface area contributed by atoms with Crippen LogP contribution in [0.3, 0.4) is 0 Å². The molecule has 10 nitrogen and oxygen atoms in total. The highest BCUT2D eigenvalue weighted by atomic mass is 127. The van der Waals surface area contributed by atoms with Gasteiger partial charge in [0.25, 0.3) is 5.91 Å². The quantitative estimate of drug-likeness (QED) is 0.215. The smallest absolute Gasteiger partial charge is 0.255 e. The van der Waals surface area contributed by atoms with Crippen LogP contribution in [0.15, 0.2) is 34.8 Å². The number of Topliss-reactive ketones (excluding diaryl/α,β-unsaturated/α-hetero) is 2. The Bertz CT molecular complexity index is 1190. The molecule has 11 heteroatoms. The van der Waals surface area contributed by atoms with Crippen molar-refractivity contribution in [2.75, 3.05) is 14.1 Å². The first kappa shape index (κ1) is 23.7. The lowest BCUT2D eigenvalue weighted by Crippen LogP contribution is -2.68. The van der Waals surface area contributed by atoms with E-state index in [0.717, 1.165) is 0 Å². The van der Waals surface area contributed by atoms with Gasteiger partial charge in [0.05, 0.1) is 27.2 Å². The zero-order valence-corrected chi connectivity index (χ0v) is 20.1. The summed E-state index contributed by atoms with van der Waals surface area (Å²) < 4.78 is 0.378. The van der Waals surface area contributed by atoms with Gasteiger partial charge in [-0.3, -0.25) is 19.3 Å². The highest BCUT2D eigenvalue weighted by Gasteiger charge is 2.67. The van der Waals surface area contributed by atoms with E-state index in [4.69, 9.17) is 5.73 Å². The lowest BCUT2D eigenvalue weighted by Gasteiger charge is -2.53. The molecule has 3 aliphatic rings. The second kappa shape index (κ2) is 7.52. The zero-order chi connectivity index (χ0) is 24.7. The van der Waals surface area contributed by atoms with E-state index in [1.807, 2.05) is 22.6 Å². The normalized spacial score (nSPS) is 33.7. The Kier molecular flexibility index (Phi) is 5.39. The summed E-state index contributed by atoms with van der Waals surface area (Å²) in [6.45, 7) is 1.68. The second-order valence-electron chi connectivity index (χ2n) is 8.91. The maximum absolute atomic E-state index is 13.5. The molecule has 6 atom stereocenters. The summed E-state index contributed by atoms with van der Waals surface area (Å²) in [5.41, 5.74) is 1.38. The topological polar surface area (TPSA) is 182 Å². The van der Waals surface area contributed by atoms with Gasteiger partial charge in [0.1, 0.15) is 22.8 Å². The molecule has 0 bridgehead atoms. The van der Waals surface area contributed by atoms with Crippen LogP contribution in [0, 0.1) is 15.4 Å². The van der Waals surface area contributed by atoms with Crippen LogP contribution in [0.4, 0.5) is 0 Å². The predicted molar refractivity (Wildman–Crippen MR) is 122 cm³/mol. The molecule has 0 fully saturated rings. The maximum Gasteiger partial charge on any atom is 0.255 e. The molecular formula is C22H23IN2O8. The van der Waals surface area contributed by atoms with Crippen LogP contribution in [0.25, 0.3) is 0 Å². The minimum Gasteiger partial charge on any atom is -0.510 e. The fraction of sp³-hybridized carbons (Fsp3) is 0.409. The summed E-state index contributed by atoms with van der Waals surface area (Å²) in [7, 11) is 2.98. The molecule has 176 valence electrons. The first-order valence-electron chi connectivity index (χ1n) is 10.1. The van der Waals surface area contributed by atoms with Gasteiger partial charge in [-0.1, -0.05) is 13.0 Å². The Morgan fingerprint density at radius 2 is 1.79 bits per heavy atom. The summed E-state index contributed by atoms with van der Waals surface area (Å²) in [6.07, 6.45) is -1.60. The predicted octanol–water partition coefficient (Wildman–Crippen LogP) is 0.257. The summed E-state index contributed by atoms with van der Waals surface area (Å²) in [4.78, 5) is 40.1. The van der Waals surface area contributed by atoms with Gasteiger partial charge < -0.3 is 31.3 Å². The van der Waals surface area contributed by atoms with Crippen LogP contribution >= 0.6 is 22.6 Å². The largest absolute Gasteiger partial charge is 0.510 e. The number of rotatable bonds is 2. The Balaban J connectivity index is 2.07. The van der Waals surface area contributed by atoms with Crippen LogP contribution in [-0.2, 0) is 9.59 Å². The van der Waals surface area contributed by atoms with Crippen LogP contribution in [0.1, 0.15) is 28.8 Å². The van der Waals surface area contributed by atoms with Crippen LogP contribution in [0.2, 0.25) is 0 Å². The van der Waals surface area contributed by atoms with Crippen molar-refractivity contribution in [3.8, 4) is 5.75 Å². The molecule has 0 aliphatic heterocycles. The highest BCUT2D eigenvalue weighted by molar-refractivity contribution is 14.1. The average Bonchev–Trinajstić information content (AvgIpc) is 2.72. The molecule has 0 saturated carbocycles. The molecule has 4 rings (SSSR count). The molecule has 1 amide bonds. The second-order valence-corrected chi connectivity index (χ2v) is 10.1. The number of primary amides is 1. The molecule has 0 unspecified atom stereocenters. The third-order valence-corrected chi connectivity index (χ3v) is 7.95. The van der Waals surface area contributed by atoms with Crippen molar-refractivity contribution in [2.45, 2.75) is 30.6 Å². The summed E-state index contributed by atoms with van der Waals surface area (Å²) in [5.74, 6) is -8.85. The van der Waals surface area contributed by atoms with E-state index in [1.165, 1.54) is 19.0 Å². The molecule has 7 N–H and O–H groups in total. The number of benzene rings is 1. The minimum absolute atomic E-state index is 0.0950. The molecule has 0 radical (unpaired) electrons. The fourth-order valence-electron chi connectivity index (χ4n) is 5.60. The van der Waals surface area contributed by atoms with Crippen molar-refractivity contribution in [3.05, 3.63) is 49.5 Å². The first-order valence-corrected chi connectivity index (χ1v) is 11.2. The number of hydrogen-bond donors (Lipinski definition) is 6. The Labute approximate surface area is 202 Å². The molecule has 1 aromatic rings. The number of halogens is 1. The monoisotopic (exact) mass is 570 g/mol. The number of nitrogens with two attached hydrogens (primary N) is 1. The molecule has 33 heavy (non-hydrogen) atoms. The number of nitrogens with zero attached hydrogens (tertiary/aromatic N) is 1. The summed E-state index contributed by atoms with van der Waals surface area (Å²) in [5, 5.41) is 55.5. The SMILES string of the molecule is C[C@H]1c2ccc(I)c(O)c2C(=O)C2=C(O)[C@]3(O)C(=O)C(C(N)=O)=C(O)[C@@H](N(C)C)[C@@H]3[C@@H](O)[C@@H]21. The summed E-state index contributed by atoms with van der Waals surface area (Å²) in [6, 6.07) is 1.97. The van der Waals surface area contributed by atoms with Crippen LogP contribution in [0.5, 0.6) is 5.75 Å². The number of phenols is 1. The van der Waals surface area contributed by atoms with Crippen LogP contribution in [-0.4, -0.2) is 79.7 Å². The molecule has 1 aromatic carbocycles. The Morgan fingerprint density at radius 1 is 1.18 bits per heavy atom. The number of likely N-dealkylation sites (N-methyl/N-ethyl adjacent to an activating group) is 1. The van der Waals surface area contributed by atoms with E-state index >= 15 is 0 Å². The van der Waals surface area contributed by atoms with E-state index in [9.17, 15) is 39.9 Å². The number of ketones is 2. The summed E-state index contributed by atoms with van der Waals surface area (Å²) >= 11 is 1.84. The van der Waals surface area contributed by atoms with Crippen molar-refractivity contribution in [1.82, 2.24) is 4.90 Å². The van der Waals surface area contributed by atoms with Gasteiger partial charge in [-0.25, -0.2) is 0 Å². The molecule has 0 spiro atoms. The molecular weight excluding hydrogens is 547 g/mol. The van der Waals surface area contributed by atoms with Gasteiger partial charge >= 0.3 is 0 Å². The lowest BCUT2D eigenvalue weighted by atomic mass is 9.55. The van der Waals surface area contributed by atoms with E-state index < -0.39 is 75.6 Å². The van der Waals surface area contributed by atoms with Crippen molar-refractivity contribution >= 4 is 40.1 Å². The van der Waals surface area contributed by atoms with E-state index in [2.05, 4.69) is 0 Å². The number of phenolic OH excluding ortho intramolecular Hbond substituents is 1. The zero-order valence-electron chi connectivity index (χ0n) is 17.9. The standard InChI is InChI=1S/C22H23IN2O8/c1-6-7-4-5-8(23)15(26)10(7)16(27)11-9(6)17(28)13-14(25(2)3)18(29)12(21(24)32)20(31)22(13,33)19(11)30/h4-6,9,13-14,17,26,28-30,33H,1-3H3,(H2,24,32)/t6-,9+,13+,14-,17-,22-/m0/s1. The van der Waals surface area contributed by atoms with Crippen molar-refractivity contribution in [1.29, 1.82) is 0 Å². The van der Waals surface area contributed by atoms with Gasteiger partial charge in [-0.15, -0.1) is 0 Å². The number of amides is 1. The molecule has 0 aromatic heterocycles. The first-order chi connectivity index (χ1) is 15.3. The van der Waals surface area contributed by atoms with Gasteiger partial charge in [0.2, 0.25) is 5.78 Å². The third-order valence-electron chi connectivity index (χ3n) is 7.08. The average molecular weight is 570 g/mol. The minimum atomic E-state index is -2.90. The Hall–Kier alpha value is -2.48. The number of aliphatic hydroxyl groups excluding tert-OH is 3. The maximum atomic E-state index is 13.5. The number of fused-ring (bicyclic) bond motifs is 3. The van der Waals surface area contributed by atoms with E-state index in [0.29, 0.717) is 9.13 Å². The number of carbonyl (C=O) groups is 3. The van der Waals surface area contributed by atoms with Gasteiger partial charge in [0, 0.05) is 11.5 Å². The van der Waals surface area contributed by atoms with Gasteiger partial charge in [-0.2, -0.15) is 0 Å². The highest BCUT2D eigenvalue weighted by Crippen LogP contribution is 2.55. The number of hydrogen-bond acceptors (Lipinski definition) is 9. The van der Waals surface area contributed by atoms with E-state index in [-0.39, 0.29) is 11.3 Å². The number of carbonyl (C=O) groups excluding carboxylic acids is 3. The fourth-order valence-corrected chi connectivity index (χ4v) is 6.05. The Morgan fingerprint density at radius 3 is 2.33 bits per heavy atom. The van der Waals surface area contributed by atoms with Crippen molar-refractivity contribution < 1.29 is 39.9 Å². The number of aliphatic hydroxyl groups is 4. The number of aromatic hydroxyl groups is 1. The molecule has 0 heterocycles. The lowest BCUT2D eigenvalue weighted by molar-refractivity contribution is -0.162. The van der Waals surface area contributed by atoms with Crippen molar-refractivity contribution in [2.24, 2.45) is 17.6 Å². The molecule has 3 aliphatic carbocycles. The molecule has 0 saturated heterocycles. The van der Waals surface area contributed by atoms with Crippen LogP contribution < -0.4 is 5.73 Å². The van der Waals surface area contributed by atoms with Crippen molar-refractivity contribution in [3.63, 3.8) is 0 Å². The third kappa shape index (κ3) is 2.85.